The molecule has 1 aliphatic carbocycles. The maximum Gasteiger partial charge on any atom is 0.338 e. The van der Waals surface area contributed by atoms with Crippen LogP contribution >= 0.6 is 0 Å². The van der Waals surface area contributed by atoms with Crippen molar-refractivity contribution in [2.24, 2.45) is 17.8 Å². The Kier molecular flexibility index (Phi) is 6.72. The molecule has 3 atom stereocenters. The lowest BCUT2D eigenvalue weighted by Gasteiger charge is -2.25. The number of carbonyl (C=O) groups is 5. The van der Waals surface area contributed by atoms with Crippen LogP contribution in [0.3, 0.4) is 0 Å². The Labute approximate surface area is 196 Å². The lowest BCUT2D eigenvalue weighted by atomic mass is 9.76. The monoisotopic (exact) mass is 463 g/mol. The molecule has 1 saturated carbocycles. The van der Waals surface area contributed by atoms with Gasteiger partial charge in [-0.15, -0.1) is 0 Å². The molecule has 1 heterocycles. The second-order valence-corrected chi connectivity index (χ2v) is 8.64. The maximum atomic E-state index is 12.9. The van der Waals surface area contributed by atoms with Gasteiger partial charge in [0, 0.05) is 5.56 Å². The van der Waals surface area contributed by atoms with Crippen molar-refractivity contribution in [3.8, 4) is 0 Å². The van der Waals surface area contributed by atoms with Crippen LogP contribution in [0.5, 0.6) is 0 Å². The molecule has 9 nitrogen and oxygen atoms in total. The number of amides is 4. The standard InChI is InChI=1S/C25H25N3O6/c1-15-10-11-19-20(12-15)24(32)28(23(19)31)18-9-5-8-17(13-18)25(33)34-14-21(29)26-27-22(30)16-6-3-2-4-7-16/h2-9,13,15,19-20H,10-12,14H2,1H3,(H,26,29)(H,27,30)/t15-,19-,20-/m1/s1. The maximum absolute atomic E-state index is 12.9. The molecule has 0 bridgehead atoms. The smallest absolute Gasteiger partial charge is 0.338 e. The minimum absolute atomic E-state index is 0.0995. The fourth-order valence-electron chi connectivity index (χ4n) is 4.45. The Morgan fingerprint density at radius 1 is 0.912 bits per heavy atom. The van der Waals surface area contributed by atoms with Gasteiger partial charge in [0.2, 0.25) is 11.8 Å². The van der Waals surface area contributed by atoms with E-state index in [0.29, 0.717) is 30.0 Å². The molecule has 2 fully saturated rings. The zero-order valence-corrected chi connectivity index (χ0v) is 18.7. The number of anilines is 1. The molecule has 2 aromatic carbocycles. The number of carbonyl (C=O) groups excluding carboxylic acids is 5. The predicted octanol–water partition coefficient (Wildman–Crippen LogP) is 2.23. The first-order chi connectivity index (χ1) is 16.3. The Bertz CT molecular complexity index is 1130. The van der Waals surface area contributed by atoms with E-state index in [9.17, 15) is 24.0 Å². The summed E-state index contributed by atoms with van der Waals surface area (Å²) in [5.74, 6) is -2.74. The van der Waals surface area contributed by atoms with Crippen LogP contribution in [-0.4, -0.2) is 36.2 Å². The highest BCUT2D eigenvalue weighted by molar-refractivity contribution is 6.22. The zero-order valence-electron chi connectivity index (χ0n) is 18.7. The first-order valence-corrected chi connectivity index (χ1v) is 11.1. The van der Waals surface area contributed by atoms with Crippen LogP contribution in [0, 0.1) is 17.8 Å². The van der Waals surface area contributed by atoms with Crippen molar-refractivity contribution in [3.05, 3.63) is 65.7 Å². The fraction of sp³-hybridized carbons (Fsp3) is 0.320. The van der Waals surface area contributed by atoms with Crippen LogP contribution in [0.1, 0.15) is 46.9 Å². The van der Waals surface area contributed by atoms with E-state index < -0.39 is 24.4 Å². The quantitative estimate of drug-likeness (QED) is 0.398. The highest BCUT2D eigenvalue weighted by atomic mass is 16.5. The zero-order chi connectivity index (χ0) is 24.2. The van der Waals surface area contributed by atoms with Crippen molar-refractivity contribution in [3.63, 3.8) is 0 Å². The highest BCUT2D eigenvalue weighted by Crippen LogP contribution is 2.42. The number of esters is 1. The van der Waals surface area contributed by atoms with Crippen LogP contribution < -0.4 is 15.8 Å². The molecular formula is C25H25N3O6. The number of hydrazine groups is 1. The molecule has 2 aliphatic rings. The van der Waals surface area contributed by atoms with Gasteiger partial charge in [-0.3, -0.25) is 34.9 Å². The largest absolute Gasteiger partial charge is 0.452 e. The van der Waals surface area contributed by atoms with Gasteiger partial charge in [0.15, 0.2) is 6.61 Å². The summed E-state index contributed by atoms with van der Waals surface area (Å²) in [6, 6.07) is 14.3. The fourth-order valence-corrected chi connectivity index (χ4v) is 4.45. The second kappa shape index (κ2) is 9.86. The molecule has 0 radical (unpaired) electrons. The van der Waals surface area contributed by atoms with E-state index in [2.05, 4.69) is 17.8 Å². The molecule has 1 aliphatic heterocycles. The van der Waals surface area contributed by atoms with E-state index >= 15 is 0 Å². The summed E-state index contributed by atoms with van der Waals surface area (Å²) in [6.07, 6.45) is 2.28. The topological polar surface area (TPSA) is 122 Å². The van der Waals surface area contributed by atoms with Crippen molar-refractivity contribution in [2.45, 2.75) is 26.2 Å². The van der Waals surface area contributed by atoms with Crippen molar-refractivity contribution in [1.82, 2.24) is 10.9 Å². The summed E-state index contributed by atoms with van der Waals surface area (Å²) >= 11 is 0. The minimum atomic E-state index is -0.795. The molecule has 0 unspecified atom stereocenters. The van der Waals surface area contributed by atoms with Gasteiger partial charge in [-0.25, -0.2) is 4.79 Å². The number of ether oxygens (including phenoxy) is 1. The van der Waals surface area contributed by atoms with Gasteiger partial charge in [0.1, 0.15) is 0 Å². The van der Waals surface area contributed by atoms with Crippen LogP contribution in [0.2, 0.25) is 0 Å². The lowest BCUT2D eigenvalue weighted by molar-refractivity contribution is -0.125. The van der Waals surface area contributed by atoms with Gasteiger partial charge >= 0.3 is 5.97 Å². The first kappa shape index (κ1) is 23.2. The molecule has 4 amide bonds. The van der Waals surface area contributed by atoms with Crippen molar-refractivity contribution in [1.29, 1.82) is 0 Å². The van der Waals surface area contributed by atoms with Gasteiger partial charge in [-0.2, -0.15) is 0 Å². The number of benzene rings is 2. The van der Waals surface area contributed by atoms with Gasteiger partial charge in [-0.1, -0.05) is 31.2 Å². The van der Waals surface area contributed by atoms with E-state index in [-0.39, 0.29) is 29.2 Å². The molecule has 9 heteroatoms. The molecular weight excluding hydrogens is 438 g/mol. The number of rotatable bonds is 5. The third-order valence-corrected chi connectivity index (χ3v) is 6.21. The molecule has 4 rings (SSSR count). The van der Waals surface area contributed by atoms with Gasteiger partial charge < -0.3 is 4.74 Å². The summed E-state index contributed by atoms with van der Waals surface area (Å²) in [6.45, 7) is 1.46. The molecule has 34 heavy (non-hydrogen) atoms. The highest BCUT2D eigenvalue weighted by Gasteiger charge is 2.50. The lowest BCUT2D eigenvalue weighted by Crippen LogP contribution is -2.43. The van der Waals surface area contributed by atoms with E-state index in [0.717, 1.165) is 11.3 Å². The Balaban J connectivity index is 1.34. The molecule has 1 saturated heterocycles. The van der Waals surface area contributed by atoms with Gasteiger partial charge in [-0.05, 0) is 55.5 Å². The van der Waals surface area contributed by atoms with Crippen LogP contribution in [0.25, 0.3) is 0 Å². The van der Waals surface area contributed by atoms with Crippen LogP contribution in [0.15, 0.2) is 54.6 Å². The minimum Gasteiger partial charge on any atom is -0.452 e. The summed E-state index contributed by atoms with van der Waals surface area (Å²) < 4.78 is 5.02. The molecule has 0 spiro atoms. The number of imide groups is 1. The van der Waals surface area contributed by atoms with E-state index in [1.807, 2.05) is 0 Å². The summed E-state index contributed by atoms with van der Waals surface area (Å²) in [7, 11) is 0. The van der Waals surface area contributed by atoms with Crippen molar-refractivity contribution >= 4 is 35.3 Å². The third kappa shape index (κ3) is 4.83. The molecule has 2 aromatic rings. The van der Waals surface area contributed by atoms with E-state index in [1.165, 1.54) is 12.1 Å². The molecule has 2 N–H and O–H groups in total. The van der Waals surface area contributed by atoms with Crippen LogP contribution in [0.4, 0.5) is 5.69 Å². The summed E-state index contributed by atoms with van der Waals surface area (Å²) in [5.41, 5.74) is 5.18. The SMILES string of the molecule is C[C@@H]1CC[C@H]2C(=O)N(c3cccc(C(=O)OCC(=O)NNC(=O)c4ccccc4)c3)C(=O)[C@@H]2C1. The first-order valence-electron chi connectivity index (χ1n) is 11.1. The van der Waals surface area contributed by atoms with E-state index in [1.54, 1.807) is 42.5 Å². The third-order valence-electron chi connectivity index (χ3n) is 6.21. The number of nitrogens with zero attached hydrogens (tertiary/aromatic N) is 1. The van der Waals surface area contributed by atoms with Crippen molar-refractivity contribution in [2.75, 3.05) is 11.5 Å². The summed E-state index contributed by atoms with van der Waals surface area (Å²) in [5, 5.41) is 0. The number of fused-ring (bicyclic) bond motifs is 1. The predicted molar refractivity (Wildman–Crippen MR) is 121 cm³/mol. The van der Waals surface area contributed by atoms with Gasteiger partial charge in [0.05, 0.1) is 23.1 Å². The number of hydrogen-bond donors (Lipinski definition) is 2. The molecule has 176 valence electrons. The summed E-state index contributed by atoms with van der Waals surface area (Å²) in [4.78, 5) is 63.3. The number of hydrogen-bond acceptors (Lipinski definition) is 6. The average Bonchev–Trinajstić information content (AvgIpc) is 3.10. The van der Waals surface area contributed by atoms with Gasteiger partial charge in [0.25, 0.3) is 11.8 Å². The Morgan fingerprint density at radius 3 is 2.38 bits per heavy atom. The second-order valence-electron chi connectivity index (χ2n) is 8.64. The van der Waals surface area contributed by atoms with E-state index in [4.69, 9.17) is 4.74 Å². The van der Waals surface area contributed by atoms with Crippen molar-refractivity contribution < 1.29 is 28.7 Å². The van der Waals surface area contributed by atoms with Crippen LogP contribution in [-0.2, 0) is 19.1 Å². The normalized spacial score (nSPS) is 21.6. The number of nitrogens with one attached hydrogen (secondary N) is 2. The Hall–Kier alpha value is -4.01. The Morgan fingerprint density at radius 2 is 1.62 bits per heavy atom. The molecule has 0 aromatic heterocycles. The average molecular weight is 463 g/mol.